The monoisotopic (exact) mass is 710 g/mol. The quantitative estimate of drug-likeness (QED) is 0.0873. The molecule has 0 saturated carbocycles. The summed E-state index contributed by atoms with van der Waals surface area (Å²) in [7, 11) is -2.42. The van der Waals surface area contributed by atoms with Gasteiger partial charge in [-0.25, -0.2) is 0 Å². The van der Waals surface area contributed by atoms with Crippen LogP contribution >= 0.6 is 11.6 Å². The van der Waals surface area contributed by atoms with E-state index in [-0.39, 0.29) is 11.0 Å². The van der Waals surface area contributed by atoms with Crippen LogP contribution in [0.2, 0.25) is 18.1 Å². The van der Waals surface area contributed by atoms with Crippen molar-refractivity contribution in [3.63, 3.8) is 0 Å². The van der Waals surface area contributed by atoms with Crippen molar-refractivity contribution in [2.75, 3.05) is 6.61 Å². The number of fused-ring (bicyclic) bond motifs is 3. The minimum atomic E-state index is -2.42. The first-order valence-electron chi connectivity index (χ1n) is 19.0. The summed E-state index contributed by atoms with van der Waals surface area (Å²) in [5.74, 6) is 0.814. The van der Waals surface area contributed by atoms with Gasteiger partial charge in [0.1, 0.15) is 12.4 Å². The first-order valence-corrected chi connectivity index (χ1v) is 22.5. The standard InChI is InChI=1S/C48H55ClOSi/c1-9-12-14-33-16-20-35(21-17-33)37-24-26-40-41-27-25-38(36-22-18-34(19-23-36)15-13-10-2)30-43(41)47(42(40)29-37)51(7,8)45-32-39(48(4,5)6)31-44(49)46(45)50-28-11-3/h11,16-27,29-32,47H,3,9-10,12-15,28H2,1-2,4-8H3. The molecule has 5 aromatic carbocycles. The summed E-state index contributed by atoms with van der Waals surface area (Å²) in [6.45, 7) is 20.7. The van der Waals surface area contributed by atoms with Crippen LogP contribution < -0.4 is 9.92 Å². The van der Waals surface area contributed by atoms with E-state index in [0.717, 1.165) is 18.6 Å². The van der Waals surface area contributed by atoms with Gasteiger partial charge in [0.05, 0.1) is 13.1 Å². The molecular weight excluding hydrogens is 656 g/mol. The number of ether oxygens (including phenoxy) is 1. The van der Waals surface area contributed by atoms with Crippen molar-refractivity contribution >= 4 is 24.9 Å². The number of rotatable bonds is 13. The summed E-state index contributed by atoms with van der Waals surface area (Å²) in [5, 5.41) is 1.95. The molecular formula is C48H55ClOSi. The maximum absolute atomic E-state index is 7.15. The molecule has 0 atom stereocenters. The smallest absolute Gasteiger partial charge is 0.137 e. The van der Waals surface area contributed by atoms with Crippen LogP contribution in [0.4, 0.5) is 0 Å². The SMILES string of the molecule is C=CCOc1c(Cl)cc(C(C)(C)C)cc1[Si](C)(C)C1c2cc(-c3ccc(CCCC)cc3)ccc2-c2ccc(-c3ccc(CCCC)cc3)cc21. The predicted octanol–water partition coefficient (Wildman–Crippen LogP) is 13.5. The van der Waals surface area contributed by atoms with E-state index in [1.54, 1.807) is 0 Å². The van der Waals surface area contributed by atoms with Crippen LogP contribution in [0.5, 0.6) is 5.75 Å². The fourth-order valence-corrected chi connectivity index (χ4v) is 11.9. The van der Waals surface area contributed by atoms with Crippen LogP contribution in [0.15, 0.2) is 110 Å². The van der Waals surface area contributed by atoms with Gasteiger partial charge in [-0.2, -0.15) is 0 Å². The van der Waals surface area contributed by atoms with E-state index in [1.807, 2.05) is 6.08 Å². The highest BCUT2D eigenvalue weighted by Gasteiger charge is 2.44. The molecule has 1 nitrogen and oxygen atoms in total. The molecule has 0 heterocycles. The Morgan fingerprint density at radius 2 is 1.16 bits per heavy atom. The number of aryl methyl sites for hydroxylation is 2. The molecule has 1 aliphatic rings. The van der Waals surface area contributed by atoms with Crippen molar-refractivity contribution in [1.82, 2.24) is 0 Å². The van der Waals surface area contributed by atoms with Crippen molar-refractivity contribution in [2.45, 2.75) is 97.2 Å². The van der Waals surface area contributed by atoms with E-state index >= 15 is 0 Å². The molecule has 0 aromatic heterocycles. The Balaban J connectivity index is 1.52. The average Bonchev–Trinajstić information content (AvgIpc) is 3.46. The Labute approximate surface area is 313 Å². The maximum Gasteiger partial charge on any atom is 0.137 e. The van der Waals surface area contributed by atoms with Crippen LogP contribution in [0, 0.1) is 0 Å². The Morgan fingerprint density at radius 1 is 0.686 bits per heavy atom. The third-order valence-corrected chi connectivity index (χ3v) is 15.0. The van der Waals surface area contributed by atoms with E-state index < -0.39 is 8.07 Å². The molecule has 0 aliphatic heterocycles. The van der Waals surface area contributed by atoms with Gasteiger partial charge < -0.3 is 4.74 Å². The number of halogens is 1. The lowest BCUT2D eigenvalue weighted by Gasteiger charge is -2.35. The van der Waals surface area contributed by atoms with Crippen molar-refractivity contribution in [3.8, 4) is 39.1 Å². The maximum atomic E-state index is 7.15. The van der Waals surface area contributed by atoms with Crippen LogP contribution in [0.25, 0.3) is 33.4 Å². The van der Waals surface area contributed by atoms with Gasteiger partial charge in [0.2, 0.25) is 0 Å². The highest BCUT2D eigenvalue weighted by Crippen LogP contribution is 2.52. The van der Waals surface area contributed by atoms with E-state index in [1.165, 1.54) is 92.1 Å². The van der Waals surface area contributed by atoms with E-state index in [0.29, 0.717) is 11.6 Å². The van der Waals surface area contributed by atoms with Crippen LogP contribution in [0.1, 0.15) is 93.7 Å². The van der Waals surface area contributed by atoms with Crippen molar-refractivity contribution < 1.29 is 4.74 Å². The third-order valence-electron chi connectivity index (χ3n) is 10.9. The zero-order valence-electron chi connectivity index (χ0n) is 31.8. The molecule has 0 bridgehead atoms. The molecule has 5 aromatic rings. The zero-order chi connectivity index (χ0) is 36.3. The number of hydrogen-bond donors (Lipinski definition) is 0. The van der Waals surface area contributed by atoms with Gasteiger partial charge in [0, 0.05) is 5.54 Å². The van der Waals surface area contributed by atoms with E-state index in [4.69, 9.17) is 16.3 Å². The van der Waals surface area contributed by atoms with Crippen molar-refractivity contribution in [2.24, 2.45) is 0 Å². The second-order valence-corrected chi connectivity index (χ2v) is 21.0. The van der Waals surface area contributed by atoms with Gasteiger partial charge in [-0.1, -0.05) is 176 Å². The highest BCUT2D eigenvalue weighted by molar-refractivity contribution is 6.92. The Hall–Kier alpha value is -3.85. The van der Waals surface area contributed by atoms with E-state index in [9.17, 15) is 0 Å². The second kappa shape index (κ2) is 15.4. The molecule has 0 N–H and O–H groups in total. The summed E-state index contributed by atoms with van der Waals surface area (Å²) >= 11 is 7.15. The molecule has 0 amide bonds. The fourth-order valence-electron chi connectivity index (χ4n) is 7.84. The Kier molecular flexibility index (Phi) is 11.2. The molecule has 0 radical (unpaired) electrons. The van der Waals surface area contributed by atoms with Gasteiger partial charge in [-0.15, -0.1) is 0 Å². The Morgan fingerprint density at radius 3 is 1.59 bits per heavy atom. The topological polar surface area (TPSA) is 9.23 Å². The lowest BCUT2D eigenvalue weighted by atomic mass is 9.87. The Bertz CT molecular complexity index is 1890. The van der Waals surface area contributed by atoms with Gasteiger partial charge in [-0.3, -0.25) is 0 Å². The molecule has 0 saturated heterocycles. The van der Waals surface area contributed by atoms with Gasteiger partial charge >= 0.3 is 0 Å². The predicted molar refractivity (Wildman–Crippen MR) is 225 cm³/mol. The summed E-state index contributed by atoms with van der Waals surface area (Å²) in [6, 6.07) is 37.3. The fraction of sp³-hybridized carbons (Fsp3) is 0.333. The molecule has 0 fully saturated rings. The molecule has 1 aliphatic carbocycles. The summed E-state index contributed by atoms with van der Waals surface area (Å²) in [6.07, 6.45) is 8.95. The van der Waals surface area contributed by atoms with Gasteiger partial charge in [0.25, 0.3) is 0 Å². The number of hydrogen-bond acceptors (Lipinski definition) is 1. The third kappa shape index (κ3) is 7.69. The largest absolute Gasteiger partial charge is 0.488 e. The van der Waals surface area contributed by atoms with Crippen LogP contribution in [-0.4, -0.2) is 14.7 Å². The molecule has 51 heavy (non-hydrogen) atoms. The second-order valence-electron chi connectivity index (χ2n) is 16.0. The lowest BCUT2D eigenvalue weighted by Crippen LogP contribution is -2.49. The van der Waals surface area contributed by atoms with Gasteiger partial charge in [0.15, 0.2) is 0 Å². The molecule has 0 unspecified atom stereocenters. The van der Waals surface area contributed by atoms with Crippen molar-refractivity contribution in [1.29, 1.82) is 0 Å². The van der Waals surface area contributed by atoms with E-state index in [2.05, 4.69) is 151 Å². The molecule has 0 spiro atoms. The van der Waals surface area contributed by atoms with Crippen LogP contribution in [-0.2, 0) is 18.3 Å². The number of unbranched alkanes of at least 4 members (excludes halogenated alkanes) is 2. The first kappa shape index (κ1) is 36.9. The molecule has 264 valence electrons. The van der Waals surface area contributed by atoms with Crippen molar-refractivity contribution in [3.05, 3.63) is 143 Å². The highest BCUT2D eigenvalue weighted by atomic mass is 35.5. The number of benzene rings is 5. The minimum Gasteiger partial charge on any atom is -0.488 e. The zero-order valence-corrected chi connectivity index (χ0v) is 33.6. The minimum absolute atomic E-state index is 0.0573. The average molecular weight is 712 g/mol. The normalized spacial score (nSPS) is 12.9. The van der Waals surface area contributed by atoms with Gasteiger partial charge in [-0.05, 0) is 104 Å². The summed E-state index contributed by atoms with van der Waals surface area (Å²) in [4.78, 5) is 0. The van der Waals surface area contributed by atoms with Crippen LogP contribution in [0.3, 0.4) is 0 Å². The lowest BCUT2D eigenvalue weighted by molar-refractivity contribution is 0.366. The molecule has 6 rings (SSSR count). The molecule has 3 heteroatoms. The summed E-state index contributed by atoms with van der Waals surface area (Å²) < 4.78 is 6.46. The summed E-state index contributed by atoms with van der Waals surface area (Å²) in [5.41, 5.74) is 14.8. The first-order chi connectivity index (χ1) is 24.5.